The molecule has 0 aliphatic rings. The normalized spacial score (nSPS) is 10.2. The molecule has 0 saturated carbocycles. The van der Waals surface area contributed by atoms with Gasteiger partial charge in [-0.3, -0.25) is 4.79 Å². The van der Waals surface area contributed by atoms with Crippen LogP contribution in [0.2, 0.25) is 0 Å². The topological polar surface area (TPSA) is 42.9 Å². The van der Waals surface area contributed by atoms with E-state index in [1.807, 2.05) is 24.3 Å². The first kappa shape index (κ1) is 11.5. The van der Waals surface area contributed by atoms with E-state index in [2.05, 4.69) is 16.9 Å². The Labute approximate surface area is 101 Å². The van der Waals surface area contributed by atoms with Gasteiger partial charge in [0.15, 0.2) is 5.78 Å². The molecule has 0 radical (unpaired) electrons. The molecule has 0 bridgehead atoms. The maximum absolute atomic E-state index is 12.1. The highest BCUT2D eigenvalue weighted by atomic mass is 16.1. The average molecular weight is 226 g/mol. The Bertz CT molecular complexity index is 509. The molecular formula is C14H14N2O. The first-order chi connectivity index (χ1) is 8.31. The molecule has 0 fully saturated rings. The lowest BCUT2D eigenvalue weighted by atomic mass is 10.0. The minimum absolute atomic E-state index is 0.0245. The molecule has 2 rings (SSSR count). The molecule has 1 aromatic carbocycles. The van der Waals surface area contributed by atoms with Crippen LogP contribution in [-0.2, 0) is 6.42 Å². The van der Waals surface area contributed by atoms with Crippen molar-refractivity contribution in [3.63, 3.8) is 0 Å². The van der Waals surface area contributed by atoms with Gasteiger partial charge in [0.2, 0.25) is 0 Å². The second-order valence-corrected chi connectivity index (χ2v) is 3.91. The fourth-order valence-electron chi connectivity index (χ4n) is 1.74. The van der Waals surface area contributed by atoms with E-state index in [0.29, 0.717) is 11.1 Å². The van der Waals surface area contributed by atoms with E-state index < -0.39 is 0 Å². The molecule has 0 atom stereocenters. The van der Waals surface area contributed by atoms with Crippen LogP contribution >= 0.6 is 0 Å². The molecule has 17 heavy (non-hydrogen) atoms. The van der Waals surface area contributed by atoms with Gasteiger partial charge < -0.3 is 0 Å². The molecule has 1 heterocycles. The first-order valence-corrected chi connectivity index (χ1v) is 5.70. The lowest BCUT2D eigenvalue weighted by Gasteiger charge is -2.03. The lowest BCUT2D eigenvalue weighted by Crippen LogP contribution is -2.03. The van der Waals surface area contributed by atoms with E-state index in [9.17, 15) is 4.79 Å². The fourth-order valence-corrected chi connectivity index (χ4v) is 1.74. The molecule has 1 aromatic heterocycles. The molecule has 0 N–H and O–H groups in total. The highest BCUT2D eigenvalue weighted by Crippen LogP contribution is 2.11. The molecule has 2 aromatic rings. The summed E-state index contributed by atoms with van der Waals surface area (Å²) in [6.45, 7) is 2.12. The van der Waals surface area contributed by atoms with E-state index in [4.69, 9.17) is 0 Å². The number of benzene rings is 1. The maximum atomic E-state index is 12.1. The summed E-state index contributed by atoms with van der Waals surface area (Å²) in [5.41, 5.74) is 2.42. The van der Waals surface area contributed by atoms with Gasteiger partial charge in [-0.2, -0.15) is 0 Å². The van der Waals surface area contributed by atoms with Crippen molar-refractivity contribution < 1.29 is 4.79 Å². The monoisotopic (exact) mass is 226 g/mol. The number of rotatable bonds is 4. The summed E-state index contributed by atoms with van der Waals surface area (Å²) < 4.78 is 0. The van der Waals surface area contributed by atoms with Crippen LogP contribution in [0.4, 0.5) is 0 Å². The van der Waals surface area contributed by atoms with Gasteiger partial charge in [-0.15, -0.1) is 0 Å². The largest absolute Gasteiger partial charge is 0.288 e. The van der Waals surface area contributed by atoms with Crippen LogP contribution in [0.3, 0.4) is 0 Å². The summed E-state index contributed by atoms with van der Waals surface area (Å²) in [5.74, 6) is -0.0245. The van der Waals surface area contributed by atoms with Crippen LogP contribution in [0.1, 0.15) is 34.8 Å². The SMILES string of the molecule is CCCc1cccc(C(=O)c2cncnc2)c1. The summed E-state index contributed by atoms with van der Waals surface area (Å²) >= 11 is 0. The van der Waals surface area contributed by atoms with Gasteiger partial charge in [0, 0.05) is 18.0 Å². The van der Waals surface area contributed by atoms with Crippen molar-refractivity contribution in [2.45, 2.75) is 19.8 Å². The van der Waals surface area contributed by atoms with Crippen LogP contribution in [-0.4, -0.2) is 15.8 Å². The third-order valence-corrected chi connectivity index (χ3v) is 2.55. The summed E-state index contributed by atoms with van der Waals surface area (Å²) in [6.07, 6.45) is 6.58. The van der Waals surface area contributed by atoms with Crippen LogP contribution in [0.15, 0.2) is 43.0 Å². The number of ketones is 1. The van der Waals surface area contributed by atoms with E-state index in [1.165, 1.54) is 11.9 Å². The number of aryl methyl sites for hydroxylation is 1. The number of aromatic nitrogens is 2. The Balaban J connectivity index is 2.28. The highest BCUT2D eigenvalue weighted by Gasteiger charge is 2.09. The van der Waals surface area contributed by atoms with E-state index in [-0.39, 0.29) is 5.78 Å². The third kappa shape index (κ3) is 2.75. The van der Waals surface area contributed by atoms with E-state index in [1.54, 1.807) is 12.4 Å². The zero-order chi connectivity index (χ0) is 12.1. The Kier molecular flexibility index (Phi) is 3.60. The highest BCUT2D eigenvalue weighted by molar-refractivity contribution is 6.08. The fraction of sp³-hybridized carbons (Fsp3) is 0.214. The van der Waals surface area contributed by atoms with Gasteiger partial charge >= 0.3 is 0 Å². The van der Waals surface area contributed by atoms with Gasteiger partial charge in [0.1, 0.15) is 6.33 Å². The molecule has 3 heteroatoms. The van der Waals surface area contributed by atoms with Crippen molar-refractivity contribution in [1.29, 1.82) is 0 Å². The number of carbonyl (C=O) groups is 1. The average Bonchev–Trinajstić information content (AvgIpc) is 2.40. The second kappa shape index (κ2) is 5.34. The van der Waals surface area contributed by atoms with Gasteiger partial charge in [0.25, 0.3) is 0 Å². The van der Waals surface area contributed by atoms with Crippen LogP contribution in [0.5, 0.6) is 0 Å². The molecule has 0 aliphatic carbocycles. The van der Waals surface area contributed by atoms with Gasteiger partial charge in [-0.05, 0) is 18.1 Å². The molecular weight excluding hydrogens is 212 g/mol. The van der Waals surface area contributed by atoms with E-state index in [0.717, 1.165) is 12.8 Å². The quantitative estimate of drug-likeness (QED) is 0.753. The summed E-state index contributed by atoms with van der Waals surface area (Å²) in [4.78, 5) is 19.8. The summed E-state index contributed by atoms with van der Waals surface area (Å²) in [5, 5.41) is 0. The van der Waals surface area contributed by atoms with Gasteiger partial charge in [-0.25, -0.2) is 9.97 Å². The van der Waals surface area contributed by atoms with Crippen molar-refractivity contribution in [3.8, 4) is 0 Å². The lowest BCUT2D eigenvalue weighted by molar-refractivity contribution is 0.103. The first-order valence-electron chi connectivity index (χ1n) is 5.70. The van der Waals surface area contributed by atoms with Crippen molar-refractivity contribution >= 4 is 5.78 Å². The van der Waals surface area contributed by atoms with E-state index >= 15 is 0 Å². The molecule has 86 valence electrons. The van der Waals surface area contributed by atoms with Crippen molar-refractivity contribution in [2.75, 3.05) is 0 Å². The number of carbonyl (C=O) groups excluding carboxylic acids is 1. The molecule has 3 nitrogen and oxygen atoms in total. The molecule has 0 spiro atoms. The minimum Gasteiger partial charge on any atom is -0.288 e. The second-order valence-electron chi connectivity index (χ2n) is 3.91. The third-order valence-electron chi connectivity index (χ3n) is 2.55. The Morgan fingerprint density at radius 1 is 1.18 bits per heavy atom. The van der Waals surface area contributed by atoms with Crippen LogP contribution in [0.25, 0.3) is 0 Å². The molecule has 0 aliphatic heterocycles. The van der Waals surface area contributed by atoms with Crippen molar-refractivity contribution in [1.82, 2.24) is 9.97 Å². The van der Waals surface area contributed by atoms with Crippen molar-refractivity contribution in [2.24, 2.45) is 0 Å². The number of hydrogen-bond donors (Lipinski definition) is 0. The van der Waals surface area contributed by atoms with Crippen LogP contribution in [0, 0.1) is 0 Å². The predicted molar refractivity (Wildman–Crippen MR) is 65.9 cm³/mol. The zero-order valence-electron chi connectivity index (χ0n) is 9.76. The molecule has 0 amide bonds. The van der Waals surface area contributed by atoms with Gasteiger partial charge in [-0.1, -0.05) is 31.5 Å². The number of hydrogen-bond acceptors (Lipinski definition) is 3. The number of nitrogens with zero attached hydrogens (tertiary/aromatic N) is 2. The van der Waals surface area contributed by atoms with Crippen molar-refractivity contribution in [3.05, 3.63) is 59.7 Å². The molecule has 0 saturated heterocycles. The zero-order valence-corrected chi connectivity index (χ0v) is 9.76. The Morgan fingerprint density at radius 2 is 1.94 bits per heavy atom. The minimum atomic E-state index is -0.0245. The van der Waals surface area contributed by atoms with Crippen LogP contribution < -0.4 is 0 Å². The standard InChI is InChI=1S/C14H14N2O/c1-2-4-11-5-3-6-12(7-11)14(17)13-8-15-10-16-9-13/h3,5-10H,2,4H2,1H3. The smallest absolute Gasteiger partial charge is 0.196 e. The summed E-state index contributed by atoms with van der Waals surface area (Å²) in [7, 11) is 0. The maximum Gasteiger partial charge on any atom is 0.196 e. The summed E-state index contributed by atoms with van der Waals surface area (Å²) in [6, 6.07) is 7.73. The molecule has 0 unspecified atom stereocenters. The van der Waals surface area contributed by atoms with Gasteiger partial charge in [0.05, 0.1) is 5.56 Å². The Hall–Kier alpha value is -2.03. The predicted octanol–water partition coefficient (Wildman–Crippen LogP) is 2.66. The Morgan fingerprint density at radius 3 is 2.65 bits per heavy atom.